The maximum Gasteiger partial charge on any atom is 0.259 e. The molecule has 0 aliphatic rings. The van der Waals surface area contributed by atoms with Crippen LogP contribution in [0, 0.1) is 0 Å². The molecule has 0 saturated heterocycles. The Hall–Kier alpha value is -3.80. The Kier molecular flexibility index (Phi) is 5.39. The number of ether oxygens (including phenoxy) is 2. The molecule has 0 saturated carbocycles. The fraction of sp³-hybridized carbons (Fsp3) is 0.167. The van der Waals surface area contributed by atoms with Gasteiger partial charge in [-0.3, -0.25) is 4.79 Å². The summed E-state index contributed by atoms with van der Waals surface area (Å²) in [6.45, 7) is 0.0140. The summed E-state index contributed by atoms with van der Waals surface area (Å²) in [5.74, 6) is 1.36. The van der Waals surface area contributed by atoms with Crippen LogP contribution in [-0.2, 0) is 4.79 Å². The molecule has 0 aliphatic carbocycles. The lowest BCUT2D eigenvalue weighted by molar-refractivity contribution is -0.130. The molecular formula is C24H23N3O3. The number of amides is 1. The van der Waals surface area contributed by atoms with E-state index in [1.807, 2.05) is 53.3 Å². The fourth-order valence-corrected chi connectivity index (χ4v) is 3.24. The van der Waals surface area contributed by atoms with E-state index in [0.29, 0.717) is 5.75 Å². The number of likely N-dealkylation sites (N-methyl/N-ethyl adjacent to an activating group) is 1. The van der Waals surface area contributed by atoms with Gasteiger partial charge in [-0.25, -0.2) is 4.68 Å². The molecule has 6 nitrogen and oxygen atoms in total. The Morgan fingerprint density at radius 3 is 2.53 bits per heavy atom. The van der Waals surface area contributed by atoms with Crippen molar-refractivity contribution < 1.29 is 14.3 Å². The molecule has 1 amide bonds. The van der Waals surface area contributed by atoms with Gasteiger partial charge < -0.3 is 14.4 Å². The quantitative estimate of drug-likeness (QED) is 0.487. The van der Waals surface area contributed by atoms with Crippen molar-refractivity contribution in [3.8, 4) is 28.3 Å². The molecule has 4 aromatic rings. The molecule has 4 rings (SSSR count). The summed E-state index contributed by atoms with van der Waals surface area (Å²) < 4.78 is 12.9. The molecule has 0 spiro atoms. The van der Waals surface area contributed by atoms with Crippen LogP contribution in [0.25, 0.3) is 27.6 Å². The van der Waals surface area contributed by atoms with Gasteiger partial charge in [0.15, 0.2) is 6.61 Å². The van der Waals surface area contributed by atoms with Crippen LogP contribution in [0.5, 0.6) is 11.5 Å². The van der Waals surface area contributed by atoms with Gasteiger partial charge in [0, 0.05) is 38.1 Å². The van der Waals surface area contributed by atoms with Crippen LogP contribution in [-0.4, -0.2) is 48.4 Å². The first-order valence-corrected chi connectivity index (χ1v) is 9.60. The third-order valence-corrected chi connectivity index (χ3v) is 4.94. The molecule has 6 heteroatoms. The van der Waals surface area contributed by atoms with Gasteiger partial charge in [-0.05, 0) is 52.7 Å². The Morgan fingerprint density at radius 1 is 1.00 bits per heavy atom. The molecule has 152 valence electrons. The third kappa shape index (κ3) is 3.98. The summed E-state index contributed by atoms with van der Waals surface area (Å²) in [5, 5.41) is 6.51. The molecular weight excluding hydrogens is 378 g/mol. The van der Waals surface area contributed by atoms with Crippen LogP contribution in [0.3, 0.4) is 0 Å². The van der Waals surface area contributed by atoms with Crippen LogP contribution in [0.15, 0.2) is 73.1 Å². The second kappa shape index (κ2) is 8.29. The number of rotatable bonds is 6. The van der Waals surface area contributed by atoms with Crippen LogP contribution in [0.2, 0.25) is 0 Å². The van der Waals surface area contributed by atoms with Crippen LogP contribution in [0.1, 0.15) is 0 Å². The fourth-order valence-electron chi connectivity index (χ4n) is 3.24. The minimum atomic E-state index is -0.0778. The summed E-state index contributed by atoms with van der Waals surface area (Å²) in [6, 6.07) is 20.0. The highest BCUT2D eigenvalue weighted by molar-refractivity contribution is 5.90. The standard InChI is InChI=1S/C24H23N3O3/c1-26(2)24(28)16-30-21-8-7-17-5-6-18(13-19(17)14-21)22-10-9-20(29-3)15-23(22)27-12-4-11-25-27/h4-15H,16H2,1-3H3. The van der Waals surface area contributed by atoms with E-state index in [1.54, 1.807) is 27.4 Å². The van der Waals surface area contributed by atoms with E-state index in [2.05, 4.69) is 23.3 Å². The lowest BCUT2D eigenvalue weighted by Gasteiger charge is -2.14. The van der Waals surface area contributed by atoms with Gasteiger partial charge in [0.2, 0.25) is 0 Å². The number of hydrogen-bond acceptors (Lipinski definition) is 4. The Morgan fingerprint density at radius 2 is 1.80 bits per heavy atom. The van der Waals surface area contributed by atoms with Crippen LogP contribution in [0.4, 0.5) is 0 Å². The third-order valence-electron chi connectivity index (χ3n) is 4.94. The topological polar surface area (TPSA) is 56.6 Å². The molecule has 3 aromatic carbocycles. The summed E-state index contributed by atoms with van der Waals surface area (Å²) >= 11 is 0. The van der Waals surface area contributed by atoms with Gasteiger partial charge in [0.25, 0.3) is 5.91 Å². The van der Waals surface area contributed by atoms with Gasteiger partial charge in [-0.2, -0.15) is 5.10 Å². The number of carbonyl (C=O) groups is 1. The van der Waals surface area contributed by atoms with Gasteiger partial charge in [-0.15, -0.1) is 0 Å². The number of fused-ring (bicyclic) bond motifs is 1. The highest BCUT2D eigenvalue weighted by atomic mass is 16.5. The minimum Gasteiger partial charge on any atom is -0.497 e. The summed E-state index contributed by atoms with van der Waals surface area (Å²) in [6.07, 6.45) is 3.66. The average molecular weight is 401 g/mol. The molecule has 30 heavy (non-hydrogen) atoms. The van der Waals surface area contributed by atoms with E-state index < -0.39 is 0 Å². The van der Waals surface area contributed by atoms with Crippen molar-refractivity contribution in [1.29, 1.82) is 0 Å². The zero-order valence-corrected chi connectivity index (χ0v) is 17.2. The molecule has 0 bridgehead atoms. The van der Waals surface area contributed by atoms with Crippen molar-refractivity contribution in [2.75, 3.05) is 27.8 Å². The van der Waals surface area contributed by atoms with Gasteiger partial charge in [0.05, 0.1) is 12.8 Å². The van der Waals surface area contributed by atoms with E-state index in [0.717, 1.165) is 33.3 Å². The number of nitrogens with zero attached hydrogens (tertiary/aromatic N) is 3. The number of hydrogen-bond donors (Lipinski definition) is 0. The Bertz CT molecular complexity index is 1180. The van der Waals surface area contributed by atoms with Crippen LogP contribution >= 0.6 is 0 Å². The first kappa shape index (κ1) is 19.5. The van der Waals surface area contributed by atoms with E-state index in [1.165, 1.54) is 4.90 Å². The SMILES string of the molecule is COc1ccc(-c2ccc3ccc(OCC(=O)N(C)C)cc3c2)c(-n2cccn2)c1. The highest BCUT2D eigenvalue weighted by Crippen LogP contribution is 2.33. The number of aromatic nitrogens is 2. The predicted molar refractivity (Wildman–Crippen MR) is 117 cm³/mol. The monoisotopic (exact) mass is 401 g/mol. The zero-order valence-electron chi connectivity index (χ0n) is 17.2. The Labute approximate surface area is 175 Å². The Balaban J connectivity index is 1.72. The van der Waals surface area contributed by atoms with E-state index in [-0.39, 0.29) is 12.5 Å². The lowest BCUT2D eigenvalue weighted by atomic mass is 9.99. The van der Waals surface area contributed by atoms with Gasteiger partial charge in [-0.1, -0.05) is 18.2 Å². The highest BCUT2D eigenvalue weighted by Gasteiger charge is 2.11. The first-order valence-electron chi connectivity index (χ1n) is 9.60. The smallest absolute Gasteiger partial charge is 0.259 e. The van der Waals surface area contributed by atoms with Gasteiger partial charge in [0.1, 0.15) is 11.5 Å². The predicted octanol–water partition coefficient (Wildman–Crippen LogP) is 4.17. The molecule has 1 aromatic heterocycles. The van der Waals surface area contributed by atoms with Crippen LogP contribution < -0.4 is 9.47 Å². The molecule has 0 atom stereocenters. The van der Waals surface area contributed by atoms with E-state index in [9.17, 15) is 4.79 Å². The maximum absolute atomic E-state index is 11.8. The summed E-state index contributed by atoms with van der Waals surface area (Å²) in [4.78, 5) is 13.3. The van der Waals surface area contributed by atoms with Gasteiger partial charge >= 0.3 is 0 Å². The normalized spacial score (nSPS) is 10.8. The second-order valence-electron chi connectivity index (χ2n) is 7.13. The minimum absolute atomic E-state index is 0.0140. The largest absolute Gasteiger partial charge is 0.497 e. The first-order chi connectivity index (χ1) is 14.5. The van der Waals surface area contributed by atoms with Crippen molar-refractivity contribution >= 4 is 16.7 Å². The van der Waals surface area contributed by atoms with Crippen molar-refractivity contribution in [1.82, 2.24) is 14.7 Å². The molecule has 0 unspecified atom stereocenters. The number of carbonyl (C=O) groups excluding carboxylic acids is 1. The van der Waals surface area contributed by atoms with E-state index >= 15 is 0 Å². The number of benzene rings is 3. The van der Waals surface area contributed by atoms with E-state index in [4.69, 9.17) is 9.47 Å². The maximum atomic E-state index is 11.8. The molecule has 1 heterocycles. The average Bonchev–Trinajstić information content (AvgIpc) is 3.31. The molecule has 0 fully saturated rings. The summed E-state index contributed by atoms with van der Waals surface area (Å²) in [5.41, 5.74) is 3.02. The zero-order chi connectivity index (χ0) is 21.1. The van der Waals surface area contributed by atoms with Crippen molar-refractivity contribution in [3.05, 3.63) is 73.1 Å². The van der Waals surface area contributed by atoms with Crippen molar-refractivity contribution in [2.24, 2.45) is 0 Å². The summed E-state index contributed by atoms with van der Waals surface area (Å²) in [7, 11) is 5.08. The second-order valence-corrected chi connectivity index (χ2v) is 7.13. The lowest BCUT2D eigenvalue weighted by Crippen LogP contribution is -2.27. The molecule has 0 radical (unpaired) electrons. The van der Waals surface area contributed by atoms with Crippen molar-refractivity contribution in [3.63, 3.8) is 0 Å². The number of methoxy groups -OCH3 is 1. The molecule has 0 N–H and O–H groups in total. The molecule has 0 aliphatic heterocycles. The van der Waals surface area contributed by atoms with Crippen molar-refractivity contribution in [2.45, 2.75) is 0 Å².